The van der Waals surface area contributed by atoms with Crippen LogP contribution in [0.15, 0.2) is 50.4 Å². The third-order valence-electron chi connectivity index (χ3n) is 5.15. The van der Waals surface area contributed by atoms with Crippen LogP contribution in [0.2, 0.25) is 0 Å². The van der Waals surface area contributed by atoms with E-state index in [1.165, 1.54) is 4.21 Å². The number of hydrogen-bond acceptors (Lipinski definition) is 6. The fraction of sp³-hybridized carbons (Fsp3) is 0.364. The minimum atomic E-state index is -0.156. The summed E-state index contributed by atoms with van der Waals surface area (Å²) in [6, 6.07) is 11.9. The molecule has 152 valence electrons. The fourth-order valence-corrected chi connectivity index (χ4v) is 5.44. The van der Waals surface area contributed by atoms with E-state index in [1.807, 2.05) is 37.3 Å². The van der Waals surface area contributed by atoms with Crippen molar-refractivity contribution in [2.75, 3.05) is 19.7 Å². The number of furan rings is 1. The molecule has 1 amide bonds. The van der Waals surface area contributed by atoms with Crippen molar-refractivity contribution in [1.29, 1.82) is 0 Å². The number of carbonyl (C=O) groups excluding carboxylic acids is 2. The quantitative estimate of drug-likeness (QED) is 0.398. The first-order chi connectivity index (χ1) is 14.2. The Morgan fingerprint density at radius 2 is 2.00 bits per heavy atom. The summed E-state index contributed by atoms with van der Waals surface area (Å²) in [5, 5.41) is 3.04. The molecule has 29 heavy (non-hydrogen) atoms. The van der Waals surface area contributed by atoms with E-state index in [-0.39, 0.29) is 17.8 Å². The van der Waals surface area contributed by atoms with Gasteiger partial charge in [-0.05, 0) is 37.3 Å². The van der Waals surface area contributed by atoms with E-state index in [1.54, 1.807) is 28.0 Å². The van der Waals surface area contributed by atoms with Gasteiger partial charge in [0.1, 0.15) is 5.58 Å². The molecule has 0 saturated carbocycles. The van der Waals surface area contributed by atoms with Crippen molar-refractivity contribution in [2.45, 2.75) is 29.7 Å². The van der Waals surface area contributed by atoms with Crippen LogP contribution in [0.1, 0.15) is 35.9 Å². The molecular formula is C22H23NO4S2. The molecule has 1 aliphatic rings. The number of rotatable bonds is 6. The molecule has 0 bridgehead atoms. The zero-order valence-corrected chi connectivity index (χ0v) is 17.9. The van der Waals surface area contributed by atoms with Crippen LogP contribution in [0.25, 0.3) is 11.0 Å². The SMILES string of the molecule is CCOC(=O)C1CCN(C(=O)c2oc3ccccc3c2CSc2cccs2)CC1. The van der Waals surface area contributed by atoms with E-state index in [0.29, 0.717) is 44.1 Å². The second-order valence-electron chi connectivity index (χ2n) is 6.95. The highest BCUT2D eigenvalue weighted by Gasteiger charge is 2.31. The van der Waals surface area contributed by atoms with Gasteiger partial charge in [-0.1, -0.05) is 24.3 Å². The Bertz CT molecular complexity index is 988. The molecule has 5 nitrogen and oxygen atoms in total. The summed E-state index contributed by atoms with van der Waals surface area (Å²) in [5.74, 6) is 0.729. The molecule has 0 unspecified atom stereocenters. The smallest absolute Gasteiger partial charge is 0.309 e. The molecule has 7 heteroatoms. The van der Waals surface area contributed by atoms with E-state index in [0.717, 1.165) is 16.5 Å². The molecule has 0 aliphatic carbocycles. The van der Waals surface area contributed by atoms with Gasteiger partial charge in [0.15, 0.2) is 5.76 Å². The Hall–Kier alpha value is -2.25. The Morgan fingerprint density at radius 1 is 1.21 bits per heavy atom. The number of hydrogen-bond donors (Lipinski definition) is 0. The molecule has 4 rings (SSSR count). The van der Waals surface area contributed by atoms with Crippen LogP contribution < -0.4 is 0 Å². The van der Waals surface area contributed by atoms with Crippen molar-refractivity contribution in [2.24, 2.45) is 5.92 Å². The molecule has 1 fully saturated rings. The minimum Gasteiger partial charge on any atom is -0.466 e. The lowest BCUT2D eigenvalue weighted by Crippen LogP contribution is -2.40. The van der Waals surface area contributed by atoms with Crippen LogP contribution in [-0.2, 0) is 15.3 Å². The molecule has 0 atom stereocenters. The van der Waals surface area contributed by atoms with Gasteiger partial charge < -0.3 is 14.1 Å². The molecule has 3 heterocycles. The molecule has 1 saturated heterocycles. The monoisotopic (exact) mass is 429 g/mol. The summed E-state index contributed by atoms with van der Waals surface area (Å²) < 4.78 is 12.3. The predicted octanol–water partition coefficient (Wildman–Crippen LogP) is 5.20. The first-order valence-corrected chi connectivity index (χ1v) is 11.7. The number of piperidine rings is 1. The Morgan fingerprint density at radius 3 is 2.72 bits per heavy atom. The van der Waals surface area contributed by atoms with Gasteiger partial charge in [0.2, 0.25) is 0 Å². The molecule has 3 aromatic rings. The summed E-state index contributed by atoms with van der Waals surface area (Å²) in [4.78, 5) is 27.0. The van der Waals surface area contributed by atoms with Gasteiger partial charge in [0, 0.05) is 29.8 Å². The van der Waals surface area contributed by atoms with E-state index in [9.17, 15) is 9.59 Å². The van der Waals surface area contributed by atoms with Crippen LogP contribution in [0.5, 0.6) is 0 Å². The molecule has 0 spiro atoms. The van der Waals surface area contributed by atoms with Gasteiger partial charge in [0.25, 0.3) is 5.91 Å². The summed E-state index contributed by atoms with van der Waals surface area (Å²) >= 11 is 3.41. The zero-order valence-electron chi connectivity index (χ0n) is 16.3. The average Bonchev–Trinajstić information content (AvgIpc) is 3.39. The highest BCUT2D eigenvalue weighted by atomic mass is 32.2. The lowest BCUT2D eigenvalue weighted by atomic mass is 9.96. The number of para-hydroxylation sites is 1. The summed E-state index contributed by atoms with van der Waals surface area (Å²) in [6.45, 7) is 3.28. The summed E-state index contributed by atoms with van der Waals surface area (Å²) in [7, 11) is 0. The summed E-state index contributed by atoms with van der Waals surface area (Å²) in [6.07, 6.45) is 1.26. The largest absolute Gasteiger partial charge is 0.466 e. The number of fused-ring (bicyclic) bond motifs is 1. The summed E-state index contributed by atoms with van der Waals surface area (Å²) in [5.41, 5.74) is 1.68. The Balaban J connectivity index is 1.53. The molecule has 0 radical (unpaired) electrons. The number of amides is 1. The van der Waals surface area contributed by atoms with Crippen LogP contribution >= 0.6 is 23.1 Å². The topological polar surface area (TPSA) is 59.8 Å². The number of carbonyl (C=O) groups is 2. The second-order valence-corrected chi connectivity index (χ2v) is 9.17. The fourth-order valence-electron chi connectivity index (χ4n) is 3.63. The Kier molecular flexibility index (Phi) is 6.25. The number of likely N-dealkylation sites (tertiary alicyclic amines) is 1. The van der Waals surface area contributed by atoms with E-state index >= 15 is 0 Å². The number of nitrogens with zero attached hydrogens (tertiary/aromatic N) is 1. The van der Waals surface area contributed by atoms with Crippen molar-refractivity contribution >= 4 is 45.9 Å². The number of benzene rings is 1. The average molecular weight is 430 g/mol. The predicted molar refractivity (Wildman–Crippen MR) is 115 cm³/mol. The molecule has 0 N–H and O–H groups in total. The normalized spacial score (nSPS) is 15.0. The van der Waals surface area contributed by atoms with Gasteiger partial charge in [0.05, 0.1) is 16.7 Å². The highest BCUT2D eigenvalue weighted by Crippen LogP contribution is 2.34. The van der Waals surface area contributed by atoms with Gasteiger partial charge >= 0.3 is 5.97 Å². The first-order valence-electron chi connectivity index (χ1n) is 9.80. The number of thioether (sulfide) groups is 1. The molecule has 1 aromatic carbocycles. The molecule has 1 aliphatic heterocycles. The minimum absolute atomic E-state index is 0.0923. The van der Waals surface area contributed by atoms with Crippen molar-refractivity contribution in [1.82, 2.24) is 4.90 Å². The zero-order chi connectivity index (χ0) is 20.2. The van der Waals surface area contributed by atoms with E-state index in [2.05, 4.69) is 11.4 Å². The molecule has 2 aromatic heterocycles. The number of thiophene rings is 1. The number of esters is 1. The molecular weight excluding hydrogens is 406 g/mol. The van der Waals surface area contributed by atoms with E-state index < -0.39 is 0 Å². The number of ether oxygens (including phenoxy) is 1. The van der Waals surface area contributed by atoms with Crippen LogP contribution in [0.3, 0.4) is 0 Å². The lowest BCUT2D eigenvalue weighted by Gasteiger charge is -2.30. The van der Waals surface area contributed by atoms with Crippen LogP contribution in [0, 0.1) is 5.92 Å². The van der Waals surface area contributed by atoms with Gasteiger partial charge in [-0.2, -0.15) is 0 Å². The van der Waals surface area contributed by atoms with Gasteiger partial charge in [-0.15, -0.1) is 23.1 Å². The first kappa shape index (κ1) is 20.0. The third-order valence-corrected chi connectivity index (χ3v) is 7.31. The van der Waals surface area contributed by atoms with Crippen molar-refractivity contribution in [3.05, 3.63) is 53.1 Å². The van der Waals surface area contributed by atoms with Crippen molar-refractivity contribution < 1.29 is 18.7 Å². The van der Waals surface area contributed by atoms with Crippen molar-refractivity contribution in [3.8, 4) is 0 Å². The van der Waals surface area contributed by atoms with Crippen LogP contribution in [0.4, 0.5) is 0 Å². The van der Waals surface area contributed by atoms with Gasteiger partial charge in [-0.3, -0.25) is 9.59 Å². The lowest BCUT2D eigenvalue weighted by molar-refractivity contribution is -0.149. The van der Waals surface area contributed by atoms with E-state index in [4.69, 9.17) is 9.15 Å². The third kappa shape index (κ3) is 4.36. The Labute approximate surface area is 178 Å². The maximum Gasteiger partial charge on any atom is 0.309 e. The maximum absolute atomic E-state index is 13.3. The highest BCUT2D eigenvalue weighted by molar-refractivity contribution is 8.00. The standard InChI is InChI=1S/C22H23NO4S2/c1-2-26-22(25)15-9-11-23(12-10-15)21(24)20-17(14-29-19-8-5-13-28-19)16-6-3-4-7-18(16)27-20/h3-8,13,15H,2,9-12,14H2,1H3. The van der Waals surface area contributed by atoms with Gasteiger partial charge in [-0.25, -0.2) is 0 Å². The van der Waals surface area contributed by atoms with Crippen LogP contribution in [-0.4, -0.2) is 36.5 Å². The second kappa shape index (κ2) is 9.05. The maximum atomic E-state index is 13.3. The van der Waals surface area contributed by atoms with Crippen molar-refractivity contribution in [3.63, 3.8) is 0 Å².